The summed E-state index contributed by atoms with van der Waals surface area (Å²) >= 11 is 4.69. The van der Waals surface area contributed by atoms with Gasteiger partial charge in [-0.3, -0.25) is 4.79 Å². The molecule has 3 aromatic rings. The number of thiophene rings is 1. The largest absolute Gasteiger partial charge is 0.465 e. The highest BCUT2D eigenvalue weighted by atomic mass is 32.2. The molecule has 2 heterocycles. The first kappa shape index (κ1) is 19.6. The number of methoxy groups -OCH3 is 1. The van der Waals surface area contributed by atoms with Gasteiger partial charge in [-0.15, -0.1) is 11.3 Å². The highest BCUT2D eigenvalue weighted by Gasteiger charge is 2.11. The summed E-state index contributed by atoms with van der Waals surface area (Å²) in [6, 6.07) is 9.28. The van der Waals surface area contributed by atoms with E-state index in [1.807, 2.05) is 34.4 Å². The SMILES string of the molecule is COC(=O)c1ccc2c(c1)sc(=NC(=O)/C=C/c1cccs1)n2CCSC. The quantitative estimate of drug-likeness (QED) is 0.447. The summed E-state index contributed by atoms with van der Waals surface area (Å²) < 4.78 is 7.71. The molecule has 0 fully saturated rings. The van der Waals surface area contributed by atoms with Crippen molar-refractivity contribution >= 4 is 62.6 Å². The fourth-order valence-corrected chi connectivity index (χ4v) is 4.56. The summed E-state index contributed by atoms with van der Waals surface area (Å²) in [6.45, 7) is 0.736. The number of esters is 1. The van der Waals surface area contributed by atoms with Crippen molar-refractivity contribution in [3.8, 4) is 0 Å². The third-order valence-corrected chi connectivity index (χ3v) is 6.23. The molecule has 0 bridgehead atoms. The number of ether oxygens (including phenoxy) is 1. The molecule has 27 heavy (non-hydrogen) atoms. The fourth-order valence-electron chi connectivity index (χ4n) is 2.47. The number of fused-ring (bicyclic) bond motifs is 1. The van der Waals surface area contributed by atoms with Crippen molar-refractivity contribution in [1.82, 2.24) is 4.57 Å². The topological polar surface area (TPSA) is 60.7 Å². The van der Waals surface area contributed by atoms with Crippen LogP contribution in [0.4, 0.5) is 0 Å². The first-order chi connectivity index (χ1) is 13.1. The van der Waals surface area contributed by atoms with Crippen LogP contribution in [0, 0.1) is 0 Å². The van der Waals surface area contributed by atoms with E-state index in [1.165, 1.54) is 24.5 Å². The van der Waals surface area contributed by atoms with Crippen molar-refractivity contribution in [2.45, 2.75) is 6.54 Å². The van der Waals surface area contributed by atoms with Gasteiger partial charge in [0.15, 0.2) is 4.80 Å². The van der Waals surface area contributed by atoms with Crippen LogP contribution < -0.4 is 4.80 Å². The molecule has 0 unspecified atom stereocenters. The van der Waals surface area contributed by atoms with Gasteiger partial charge >= 0.3 is 5.97 Å². The van der Waals surface area contributed by atoms with E-state index in [4.69, 9.17) is 4.74 Å². The Balaban J connectivity index is 2.01. The Kier molecular flexibility index (Phi) is 6.65. The lowest BCUT2D eigenvalue weighted by molar-refractivity contribution is -0.113. The van der Waals surface area contributed by atoms with Gasteiger partial charge < -0.3 is 9.30 Å². The maximum absolute atomic E-state index is 12.3. The Hall–Kier alpha value is -2.16. The van der Waals surface area contributed by atoms with Crippen LogP contribution in [-0.2, 0) is 16.1 Å². The first-order valence-corrected chi connectivity index (χ1v) is 11.2. The van der Waals surface area contributed by atoms with E-state index >= 15 is 0 Å². The third-order valence-electron chi connectivity index (χ3n) is 3.76. The van der Waals surface area contributed by atoms with Crippen molar-refractivity contribution in [2.75, 3.05) is 19.1 Å². The van der Waals surface area contributed by atoms with E-state index in [0.717, 1.165) is 27.4 Å². The van der Waals surface area contributed by atoms with Gasteiger partial charge in [-0.2, -0.15) is 16.8 Å². The average molecular weight is 419 g/mol. The second-order valence-electron chi connectivity index (χ2n) is 5.50. The maximum atomic E-state index is 12.3. The standard InChI is InChI=1S/C19H18N2O3S3/c1-24-18(23)13-5-7-15-16(12-13)27-19(21(15)9-11-25-2)20-17(22)8-6-14-4-3-10-26-14/h3-8,10,12H,9,11H2,1-2H3/b8-6+,20-19?. The molecule has 5 nitrogen and oxygen atoms in total. The van der Waals surface area contributed by atoms with Crippen LogP contribution in [0.5, 0.6) is 0 Å². The molecular formula is C19H18N2O3S3. The van der Waals surface area contributed by atoms with Gasteiger partial charge in [-0.1, -0.05) is 17.4 Å². The number of thioether (sulfide) groups is 1. The molecule has 140 valence electrons. The molecule has 1 amide bonds. The summed E-state index contributed by atoms with van der Waals surface area (Å²) in [5, 5.41) is 1.96. The lowest BCUT2D eigenvalue weighted by Crippen LogP contribution is -2.17. The Labute approximate surface area is 169 Å². The molecule has 8 heteroatoms. The average Bonchev–Trinajstić information content (AvgIpc) is 3.31. The van der Waals surface area contributed by atoms with E-state index in [9.17, 15) is 9.59 Å². The molecule has 0 radical (unpaired) electrons. The molecule has 0 saturated carbocycles. The zero-order valence-corrected chi connectivity index (χ0v) is 17.3. The predicted molar refractivity (Wildman–Crippen MR) is 113 cm³/mol. The van der Waals surface area contributed by atoms with Gasteiger partial charge in [0.2, 0.25) is 0 Å². The van der Waals surface area contributed by atoms with Gasteiger partial charge in [0, 0.05) is 23.3 Å². The molecular weight excluding hydrogens is 400 g/mol. The van der Waals surface area contributed by atoms with E-state index in [1.54, 1.807) is 41.3 Å². The maximum Gasteiger partial charge on any atom is 0.337 e. The van der Waals surface area contributed by atoms with E-state index in [-0.39, 0.29) is 11.9 Å². The Morgan fingerprint density at radius 1 is 1.33 bits per heavy atom. The number of aryl methyl sites for hydroxylation is 1. The van der Waals surface area contributed by atoms with Gasteiger partial charge in [-0.05, 0) is 42.0 Å². The van der Waals surface area contributed by atoms with Crippen LogP contribution in [0.2, 0.25) is 0 Å². The minimum Gasteiger partial charge on any atom is -0.465 e. The summed E-state index contributed by atoms with van der Waals surface area (Å²) in [7, 11) is 1.36. The molecule has 0 N–H and O–H groups in total. The highest BCUT2D eigenvalue weighted by molar-refractivity contribution is 7.98. The second kappa shape index (κ2) is 9.16. The molecule has 2 aromatic heterocycles. The molecule has 3 rings (SSSR count). The summed E-state index contributed by atoms with van der Waals surface area (Å²) in [6.07, 6.45) is 5.29. The van der Waals surface area contributed by atoms with Crippen molar-refractivity contribution in [1.29, 1.82) is 0 Å². The normalized spacial score (nSPS) is 12.1. The first-order valence-electron chi connectivity index (χ1n) is 8.13. The number of rotatable bonds is 6. The monoisotopic (exact) mass is 418 g/mol. The number of thiazole rings is 1. The fraction of sp³-hybridized carbons (Fsp3) is 0.211. The molecule has 0 aliphatic rings. The molecule has 0 aliphatic carbocycles. The van der Waals surface area contributed by atoms with Crippen LogP contribution in [0.3, 0.4) is 0 Å². The number of aromatic nitrogens is 1. The molecule has 1 aromatic carbocycles. The summed E-state index contributed by atoms with van der Waals surface area (Å²) in [4.78, 5) is 30.0. The van der Waals surface area contributed by atoms with Crippen LogP contribution in [0.15, 0.2) is 46.8 Å². The van der Waals surface area contributed by atoms with Crippen LogP contribution in [0.25, 0.3) is 16.3 Å². The minimum absolute atomic E-state index is 0.305. The number of amides is 1. The van der Waals surface area contributed by atoms with Crippen LogP contribution >= 0.6 is 34.4 Å². The Bertz CT molecular complexity index is 1050. The van der Waals surface area contributed by atoms with Gasteiger partial charge in [0.1, 0.15) is 0 Å². The van der Waals surface area contributed by atoms with Gasteiger partial charge in [0.25, 0.3) is 5.91 Å². The minimum atomic E-state index is -0.380. The van der Waals surface area contributed by atoms with Gasteiger partial charge in [0.05, 0.1) is 22.9 Å². The predicted octanol–water partition coefficient (Wildman–Crippen LogP) is 4.05. The summed E-state index contributed by atoms with van der Waals surface area (Å²) in [5.41, 5.74) is 1.44. The van der Waals surface area contributed by atoms with E-state index < -0.39 is 0 Å². The van der Waals surface area contributed by atoms with Crippen molar-refractivity contribution in [2.24, 2.45) is 4.99 Å². The zero-order chi connectivity index (χ0) is 19.2. The van der Waals surface area contributed by atoms with E-state index in [2.05, 4.69) is 4.99 Å². The highest BCUT2D eigenvalue weighted by Crippen LogP contribution is 2.20. The number of benzene rings is 1. The Morgan fingerprint density at radius 3 is 2.89 bits per heavy atom. The van der Waals surface area contributed by atoms with Crippen molar-refractivity contribution in [3.63, 3.8) is 0 Å². The van der Waals surface area contributed by atoms with E-state index in [0.29, 0.717) is 10.4 Å². The number of hydrogen-bond acceptors (Lipinski definition) is 6. The van der Waals surface area contributed by atoms with Crippen LogP contribution in [-0.4, -0.2) is 35.6 Å². The Morgan fingerprint density at radius 2 is 2.19 bits per heavy atom. The molecule has 0 aliphatic heterocycles. The number of nitrogens with zero attached hydrogens (tertiary/aromatic N) is 2. The molecule has 0 saturated heterocycles. The lowest BCUT2D eigenvalue weighted by atomic mass is 10.2. The van der Waals surface area contributed by atoms with Crippen molar-refractivity contribution < 1.29 is 14.3 Å². The lowest BCUT2D eigenvalue weighted by Gasteiger charge is -2.04. The zero-order valence-electron chi connectivity index (χ0n) is 14.9. The molecule has 0 spiro atoms. The number of hydrogen-bond donors (Lipinski definition) is 0. The number of carbonyl (C=O) groups excluding carboxylic acids is 2. The van der Waals surface area contributed by atoms with Gasteiger partial charge in [-0.25, -0.2) is 4.79 Å². The third kappa shape index (κ3) is 4.77. The molecule has 0 atom stereocenters. The van der Waals surface area contributed by atoms with Crippen molar-refractivity contribution in [3.05, 3.63) is 57.0 Å². The second-order valence-corrected chi connectivity index (χ2v) is 8.48. The van der Waals surface area contributed by atoms with Crippen LogP contribution in [0.1, 0.15) is 15.2 Å². The smallest absolute Gasteiger partial charge is 0.337 e. The number of carbonyl (C=O) groups is 2. The summed E-state index contributed by atoms with van der Waals surface area (Å²) in [5.74, 6) is 0.215.